The van der Waals surface area contributed by atoms with Crippen LogP contribution in [-0.2, 0) is 9.63 Å². The van der Waals surface area contributed by atoms with Gasteiger partial charge in [0, 0.05) is 7.05 Å². The monoisotopic (exact) mass is 222 g/mol. The fraction of sp³-hybridized carbons (Fsp3) is 0.333. The van der Waals surface area contributed by atoms with E-state index in [2.05, 4.69) is 10.5 Å². The zero-order valence-corrected chi connectivity index (χ0v) is 8.86. The Kier molecular flexibility index (Phi) is 6.59. The highest BCUT2D eigenvalue weighted by Crippen LogP contribution is 2.00. The summed E-state index contributed by atoms with van der Waals surface area (Å²) in [5.41, 5.74) is 2.14. The van der Waals surface area contributed by atoms with Crippen LogP contribution in [0.25, 0.3) is 0 Å². The van der Waals surface area contributed by atoms with Crippen LogP contribution in [0.15, 0.2) is 29.4 Å². The third kappa shape index (κ3) is 5.14. The molecule has 0 unspecified atom stereocenters. The minimum atomic E-state index is -0.198. The number of oxime groups is 1. The molecule has 0 aliphatic carbocycles. The largest absolute Gasteiger partial charge is 0.386 e. The summed E-state index contributed by atoms with van der Waals surface area (Å²) in [7, 11) is 1.55. The molecule has 1 aromatic carbocycles. The van der Waals surface area contributed by atoms with Gasteiger partial charge in [-0.05, 0) is 12.5 Å². The van der Waals surface area contributed by atoms with Crippen LogP contribution in [0.5, 0.6) is 0 Å². The number of amides is 1. The van der Waals surface area contributed by atoms with E-state index in [0.717, 1.165) is 5.56 Å². The zero-order chi connectivity index (χ0) is 11.1. The van der Waals surface area contributed by atoms with E-state index in [1.165, 1.54) is 5.56 Å². The number of likely N-dealkylation sites (N-methyl/N-ethyl adjacent to an activating group) is 1. The van der Waals surface area contributed by atoms with Gasteiger partial charge in [-0.25, -0.2) is 0 Å². The van der Waals surface area contributed by atoms with E-state index in [0.29, 0.717) is 0 Å². The second-order valence-corrected chi connectivity index (χ2v) is 3.09. The van der Waals surface area contributed by atoms with Crippen molar-refractivity contribution in [3.63, 3.8) is 0 Å². The standard InChI is InChI=1S/C11H14N2O2.CH4/c1-9-3-5-10(6-4-9)7-13-15-8-11(14)12-2;/h3-7H,8H2,1-2H3,(H,12,14);1H4/b13-7+;. The lowest BCUT2D eigenvalue weighted by atomic mass is 10.2. The van der Waals surface area contributed by atoms with E-state index in [1.54, 1.807) is 13.3 Å². The molecule has 1 amide bonds. The molecular weight excluding hydrogens is 204 g/mol. The maximum absolute atomic E-state index is 10.8. The van der Waals surface area contributed by atoms with Crippen LogP contribution < -0.4 is 5.32 Å². The number of hydrogen-bond donors (Lipinski definition) is 1. The molecule has 88 valence electrons. The Morgan fingerprint density at radius 2 is 2.06 bits per heavy atom. The zero-order valence-electron chi connectivity index (χ0n) is 8.86. The summed E-state index contributed by atoms with van der Waals surface area (Å²) >= 11 is 0. The number of nitrogens with zero attached hydrogens (tertiary/aromatic N) is 1. The van der Waals surface area contributed by atoms with Crippen LogP contribution in [0.2, 0.25) is 0 Å². The average molecular weight is 222 g/mol. The molecule has 0 saturated carbocycles. The summed E-state index contributed by atoms with van der Waals surface area (Å²) in [6.07, 6.45) is 1.57. The fourth-order valence-corrected chi connectivity index (χ4v) is 0.919. The molecule has 0 aliphatic heterocycles. The molecule has 0 saturated heterocycles. The van der Waals surface area contributed by atoms with Crippen molar-refractivity contribution in [2.75, 3.05) is 13.7 Å². The van der Waals surface area contributed by atoms with Gasteiger partial charge in [0.25, 0.3) is 5.91 Å². The van der Waals surface area contributed by atoms with Gasteiger partial charge in [-0.1, -0.05) is 42.4 Å². The maximum Gasteiger partial charge on any atom is 0.260 e. The molecule has 0 fully saturated rings. The third-order valence-corrected chi connectivity index (χ3v) is 1.83. The van der Waals surface area contributed by atoms with Gasteiger partial charge in [0.1, 0.15) is 0 Å². The summed E-state index contributed by atoms with van der Waals surface area (Å²) in [4.78, 5) is 15.5. The Morgan fingerprint density at radius 1 is 1.44 bits per heavy atom. The average Bonchev–Trinajstić information content (AvgIpc) is 2.26. The summed E-state index contributed by atoms with van der Waals surface area (Å²) in [5.74, 6) is -0.198. The second kappa shape index (κ2) is 7.45. The predicted molar refractivity (Wildman–Crippen MR) is 65.5 cm³/mol. The SMILES string of the molecule is C.CNC(=O)CO/N=C/c1ccc(C)cc1. The first-order valence-electron chi connectivity index (χ1n) is 4.65. The van der Waals surface area contributed by atoms with Crippen molar-refractivity contribution in [1.82, 2.24) is 5.32 Å². The Labute approximate surface area is 96.3 Å². The summed E-state index contributed by atoms with van der Waals surface area (Å²) in [6.45, 7) is 1.96. The van der Waals surface area contributed by atoms with Gasteiger partial charge >= 0.3 is 0 Å². The molecule has 4 heteroatoms. The Morgan fingerprint density at radius 3 is 2.62 bits per heavy atom. The van der Waals surface area contributed by atoms with E-state index in [1.807, 2.05) is 31.2 Å². The smallest absolute Gasteiger partial charge is 0.260 e. The van der Waals surface area contributed by atoms with Crippen molar-refractivity contribution in [3.8, 4) is 0 Å². The molecule has 16 heavy (non-hydrogen) atoms. The Balaban J connectivity index is 0.00000225. The molecule has 1 N–H and O–H groups in total. The maximum atomic E-state index is 10.8. The van der Waals surface area contributed by atoms with E-state index >= 15 is 0 Å². The number of aryl methyl sites for hydroxylation is 1. The highest BCUT2D eigenvalue weighted by Gasteiger charge is 1.94. The van der Waals surface area contributed by atoms with Crippen LogP contribution in [0.3, 0.4) is 0 Å². The van der Waals surface area contributed by atoms with Gasteiger partial charge < -0.3 is 10.2 Å². The molecule has 4 nitrogen and oxygen atoms in total. The Hall–Kier alpha value is -1.84. The fourth-order valence-electron chi connectivity index (χ4n) is 0.919. The van der Waals surface area contributed by atoms with Gasteiger partial charge in [-0.15, -0.1) is 0 Å². The minimum absolute atomic E-state index is 0. The highest BCUT2D eigenvalue weighted by atomic mass is 16.6. The molecule has 1 rings (SSSR count). The lowest BCUT2D eigenvalue weighted by molar-refractivity contribution is -0.125. The van der Waals surface area contributed by atoms with Crippen molar-refractivity contribution >= 4 is 12.1 Å². The van der Waals surface area contributed by atoms with Gasteiger partial charge in [0.2, 0.25) is 0 Å². The quantitative estimate of drug-likeness (QED) is 0.623. The van der Waals surface area contributed by atoms with Crippen LogP contribution in [0.1, 0.15) is 18.6 Å². The number of carbonyl (C=O) groups excluding carboxylic acids is 1. The summed E-state index contributed by atoms with van der Waals surface area (Å²) < 4.78 is 0. The number of benzene rings is 1. The highest BCUT2D eigenvalue weighted by molar-refractivity contribution is 5.79. The molecule has 0 atom stereocenters. The van der Waals surface area contributed by atoms with Crippen LogP contribution in [-0.4, -0.2) is 25.8 Å². The van der Waals surface area contributed by atoms with E-state index in [-0.39, 0.29) is 19.9 Å². The molecule has 1 aromatic rings. The van der Waals surface area contributed by atoms with E-state index in [9.17, 15) is 4.79 Å². The third-order valence-electron chi connectivity index (χ3n) is 1.83. The molecule has 0 aliphatic rings. The second-order valence-electron chi connectivity index (χ2n) is 3.09. The molecule has 0 radical (unpaired) electrons. The topological polar surface area (TPSA) is 50.7 Å². The Bertz CT molecular complexity index is 345. The van der Waals surface area contributed by atoms with Crippen molar-refractivity contribution in [3.05, 3.63) is 35.4 Å². The van der Waals surface area contributed by atoms with E-state index < -0.39 is 0 Å². The van der Waals surface area contributed by atoms with Crippen molar-refractivity contribution in [1.29, 1.82) is 0 Å². The molecule has 0 aromatic heterocycles. The van der Waals surface area contributed by atoms with Crippen LogP contribution in [0, 0.1) is 6.92 Å². The number of rotatable bonds is 4. The van der Waals surface area contributed by atoms with Crippen molar-refractivity contribution < 1.29 is 9.63 Å². The van der Waals surface area contributed by atoms with Crippen molar-refractivity contribution in [2.24, 2.45) is 5.16 Å². The lowest BCUT2D eigenvalue weighted by Gasteiger charge is -1.97. The predicted octanol–water partition coefficient (Wildman–Crippen LogP) is 1.73. The first-order valence-corrected chi connectivity index (χ1v) is 4.65. The van der Waals surface area contributed by atoms with E-state index in [4.69, 9.17) is 4.84 Å². The van der Waals surface area contributed by atoms with Gasteiger partial charge in [-0.2, -0.15) is 0 Å². The van der Waals surface area contributed by atoms with Gasteiger partial charge in [0.15, 0.2) is 6.61 Å². The number of nitrogens with one attached hydrogen (secondary N) is 1. The molecule has 0 spiro atoms. The first-order chi connectivity index (χ1) is 7.22. The molecule has 0 bridgehead atoms. The normalized spacial score (nSPS) is 9.62. The van der Waals surface area contributed by atoms with Gasteiger partial charge in [-0.3, -0.25) is 4.79 Å². The molecular formula is C12H18N2O2. The minimum Gasteiger partial charge on any atom is -0.386 e. The van der Waals surface area contributed by atoms with Crippen molar-refractivity contribution in [2.45, 2.75) is 14.4 Å². The number of carbonyl (C=O) groups is 1. The summed E-state index contributed by atoms with van der Waals surface area (Å²) in [6, 6.07) is 7.84. The van der Waals surface area contributed by atoms with Crippen LogP contribution >= 0.6 is 0 Å². The molecule has 0 heterocycles. The number of hydrogen-bond acceptors (Lipinski definition) is 3. The lowest BCUT2D eigenvalue weighted by Crippen LogP contribution is -2.22. The summed E-state index contributed by atoms with van der Waals surface area (Å²) in [5, 5.41) is 6.11. The first kappa shape index (κ1) is 14.2. The van der Waals surface area contributed by atoms with Crippen LogP contribution in [0.4, 0.5) is 0 Å². The van der Waals surface area contributed by atoms with Gasteiger partial charge in [0.05, 0.1) is 6.21 Å².